The van der Waals surface area contributed by atoms with Gasteiger partial charge in [0.1, 0.15) is 0 Å². The summed E-state index contributed by atoms with van der Waals surface area (Å²) in [5, 5.41) is 17.4. The fourth-order valence-corrected chi connectivity index (χ4v) is 3.58. The minimum atomic E-state index is -0.305. The van der Waals surface area contributed by atoms with Crippen molar-refractivity contribution in [1.29, 1.82) is 0 Å². The molecule has 2 rings (SSSR count). The first kappa shape index (κ1) is 24.1. The predicted molar refractivity (Wildman–Crippen MR) is 120 cm³/mol. The number of aromatic nitrogens is 2. The maximum absolute atomic E-state index is 13.1. The van der Waals surface area contributed by atoms with Gasteiger partial charge in [0, 0.05) is 32.2 Å². The van der Waals surface area contributed by atoms with Gasteiger partial charge in [-0.1, -0.05) is 41.5 Å². The van der Waals surface area contributed by atoms with Crippen LogP contribution in [0.3, 0.4) is 0 Å². The number of rotatable bonds is 8. The molecule has 0 aliphatic carbocycles. The van der Waals surface area contributed by atoms with Gasteiger partial charge >= 0.3 is 6.03 Å². The van der Waals surface area contributed by atoms with Gasteiger partial charge in [0.2, 0.25) is 0 Å². The molecule has 0 saturated carbocycles. The molecule has 0 radical (unpaired) electrons. The van der Waals surface area contributed by atoms with Crippen LogP contribution in [-0.2, 0) is 6.42 Å². The standard InChI is InChI=1S/C22H38N6O2/c1-14(2)9-17-11-19(26-27-20(17)25-22(30)24-12-16(5)6)21(29)28-8-7-23-18(13-28)10-15(3)4/h11,14-16,18,23H,7-10,12-13H2,1-6H3,(H2,24,25,27,30)/t18-/m0/s1. The summed E-state index contributed by atoms with van der Waals surface area (Å²) in [6, 6.07) is 1.78. The van der Waals surface area contributed by atoms with E-state index in [9.17, 15) is 9.59 Å². The quantitative estimate of drug-likeness (QED) is 0.603. The molecule has 1 aromatic heterocycles. The first-order chi connectivity index (χ1) is 14.2. The van der Waals surface area contributed by atoms with Crippen LogP contribution >= 0.6 is 0 Å². The SMILES string of the molecule is CC(C)CNC(=O)Nc1nnc(C(=O)N2CCN[C@@H](CC(C)C)C2)cc1CC(C)C. The molecule has 0 bridgehead atoms. The molecule has 3 N–H and O–H groups in total. The molecule has 1 aliphatic rings. The molecule has 8 nitrogen and oxygen atoms in total. The normalized spacial score (nSPS) is 17.0. The minimum absolute atomic E-state index is 0.0985. The summed E-state index contributed by atoms with van der Waals surface area (Å²) in [5.41, 5.74) is 1.17. The van der Waals surface area contributed by atoms with E-state index in [1.54, 1.807) is 6.07 Å². The van der Waals surface area contributed by atoms with Crippen LogP contribution in [0.2, 0.25) is 0 Å². The van der Waals surface area contributed by atoms with Crippen molar-refractivity contribution in [2.45, 2.75) is 60.4 Å². The molecule has 1 aromatic rings. The summed E-state index contributed by atoms with van der Waals surface area (Å²) in [6.07, 6.45) is 1.73. The molecule has 1 saturated heterocycles. The van der Waals surface area contributed by atoms with E-state index in [1.165, 1.54) is 0 Å². The van der Waals surface area contributed by atoms with Crippen LogP contribution in [0.5, 0.6) is 0 Å². The Labute approximate surface area is 180 Å². The Balaban J connectivity index is 2.14. The van der Waals surface area contributed by atoms with Crippen LogP contribution in [0.1, 0.15) is 64.0 Å². The van der Waals surface area contributed by atoms with Crippen molar-refractivity contribution in [2.75, 3.05) is 31.5 Å². The van der Waals surface area contributed by atoms with Gasteiger partial charge in [-0.25, -0.2) is 4.79 Å². The van der Waals surface area contributed by atoms with Gasteiger partial charge in [-0.3, -0.25) is 10.1 Å². The summed E-state index contributed by atoms with van der Waals surface area (Å²) < 4.78 is 0. The van der Waals surface area contributed by atoms with Crippen molar-refractivity contribution in [3.63, 3.8) is 0 Å². The maximum Gasteiger partial charge on any atom is 0.320 e. The van der Waals surface area contributed by atoms with Crippen LogP contribution in [0.25, 0.3) is 0 Å². The van der Waals surface area contributed by atoms with E-state index in [1.807, 2.05) is 18.7 Å². The number of amides is 3. The van der Waals surface area contributed by atoms with Gasteiger partial charge in [-0.15, -0.1) is 10.2 Å². The third-order valence-corrected chi connectivity index (χ3v) is 4.92. The zero-order valence-electron chi connectivity index (χ0n) is 19.3. The molecule has 1 atom stereocenters. The van der Waals surface area contributed by atoms with Crippen molar-refractivity contribution in [3.05, 3.63) is 17.3 Å². The highest BCUT2D eigenvalue weighted by Crippen LogP contribution is 2.19. The number of hydrogen-bond acceptors (Lipinski definition) is 5. The average Bonchev–Trinajstić information content (AvgIpc) is 2.66. The number of piperazine rings is 1. The highest BCUT2D eigenvalue weighted by molar-refractivity contribution is 5.93. The average molecular weight is 419 g/mol. The van der Waals surface area contributed by atoms with E-state index >= 15 is 0 Å². The summed E-state index contributed by atoms with van der Waals surface area (Å²) in [5.74, 6) is 1.60. The van der Waals surface area contributed by atoms with E-state index < -0.39 is 0 Å². The van der Waals surface area contributed by atoms with E-state index in [2.05, 4.69) is 53.8 Å². The van der Waals surface area contributed by atoms with Gasteiger partial charge in [0.05, 0.1) is 0 Å². The highest BCUT2D eigenvalue weighted by Gasteiger charge is 2.26. The highest BCUT2D eigenvalue weighted by atomic mass is 16.2. The van der Waals surface area contributed by atoms with Crippen molar-refractivity contribution in [2.24, 2.45) is 17.8 Å². The Hall–Kier alpha value is -2.22. The minimum Gasteiger partial charge on any atom is -0.338 e. The number of carbonyl (C=O) groups excluding carboxylic acids is 2. The van der Waals surface area contributed by atoms with Crippen molar-refractivity contribution in [1.82, 2.24) is 25.7 Å². The molecule has 0 unspecified atom stereocenters. The molecule has 30 heavy (non-hydrogen) atoms. The second-order valence-electron chi connectivity index (χ2n) is 9.46. The number of carbonyl (C=O) groups is 2. The van der Waals surface area contributed by atoms with Gasteiger partial charge in [-0.2, -0.15) is 0 Å². The third-order valence-electron chi connectivity index (χ3n) is 4.92. The van der Waals surface area contributed by atoms with Gasteiger partial charge in [0.15, 0.2) is 11.5 Å². The fourth-order valence-electron chi connectivity index (χ4n) is 3.58. The molecular formula is C22H38N6O2. The zero-order valence-corrected chi connectivity index (χ0v) is 19.3. The molecular weight excluding hydrogens is 380 g/mol. The van der Waals surface area contributed by atoms with E-state index in [-0.39, 0.29) is 11.9 Å². The predicted octanol–water partition coefficient (Wildman–Crippen LogP) is 2.91. The van der Waals surface area contributed by atoms with E-state index in [4.69, 9.17) is 0 Å². The molecule has 1 fully saturated rings. The molecule has 0 spiro atoms. The smallest absolute Gasteiger partial charge is 0.320 e. The van der Waals surface area contributed by atoms with Crippen molar-refractivity contribution < 1.29 is 9.59 Å². The lowest BCUT2D eigenvalue weighted by Crippen LogP contribution is -2.53. The monoisotopic (exact) mass is 418 g/mol. The van der Waals surface area contributed by atoms with Crippen LogP contribution in [0.15, 0.2) is 6.07 Å². The number of hydrogen-bond donors (Lipinski definition) is 3. The second kappa shape index (κ2) is 11.2. The topological polar surface area (TPSA) is 99.2 Å². The molecule has 3 amide bonds. The van der Waals surface area contributed by atoms with Crippen LogP contribution in [-0.4, -0.2) is 59.3 Å². The molecule has 0 aromatic carbocycles. The number of nitrogens with zero attached hydrogens (tertiary/aromatic N) is 3. The van der Waals surface area contributed by atoms with Gasteiger partial charge < -0.3 is 15.5 Å². The molecule has 1 aliphatic heterocycles. The van der Waals surface area contributed by atoms with Crippen molar-refractivity contribution >= 4 is 17.8 Å². The molecule has 168 valence electrons. The fraction of sp³-hybridized carbons (Fsp3) is 0.727. The Kier molecular flexibility index (Phi) is 9.02. The van der Waals surface area contributed by atoms with Gasteiger partial charge in [0.25, 0.3) is 5.91 Å². The molecule has 2 heterocycles. The Morgan fingerprint density at radius 3 is 2.50 bits per heavy atom. The Bertz CT molecular complexity index is 720. The number of anilines is 1. The lowest BCUT2D eigenvalue weighted by Gasteiger charge is -2.34. The summed E-state index contributed by atoms with van der Waals surface area (Å²) >= 11 is 0. The molecule has 8 heteroatoms. The number of nitrogens with one attached hydrogen (secondary N) is 3. The van der Waals surface area contributed by atoms with Gasteiger partial charge in [-0.05, 0) is 42.2 Å². The zero-order chi connectivity index (χ0) is 22.3. The largest absolute Gasteiger partial charge is 0.338 e. The second-order valence-corrected chi connectivity index (χ2v) is 9.46. The lowest BCUT2D eigenvalue weighted by molar-refractivity contribution is 0.0687. The third kappa shape index (κ3) is 7.55. The summed E-state index contributed by atoms with van der Waals surface area (Å²) in [7, 11) is 0. The van der Waals surface area contributed by atoms with E-state index in [0.717, 1.165) is 18.5 Å². The van der Waals surface area contributed by atoms with Crippen molar-refractivity contribution in [3.8, 4) is 0 Å². The first-order valence-corrected chi connectivity index (χ1v) is 11.1. The summed E-state index contributed by atoms with van der Waals surface area (Å²) in [6.45, 7) is 15.3. The maximum atomic E-state index is 13.1. The summed E-state index contributed by atoms with van der Waals surface area (Å²) in [4.78, 5) is 27.1. The lowest BCUT2D eigenvalue weighted by atomic mass is 10.0. The van der Waals surface area contributed by atoms with E-state index in [0.29, 0.717) is 61.4 Å². The Morgan fingerprint density at radius 1 is 1.13 bits per heavy atom. The number of urea groups is 1. The first-order valence-electron chi connectivity index (χ1n) is 11.1. The van der Waals surface area contributed by atoms with Crippen LogP contribution in [0.4, 0.5) is 10.6 Å². The Morgan fingerprint density at radius 2 is 1.87 bits per heavy atom. The van der Waals surface area contributed by atoms with Crippen LogP contribution in [0, 0.1) is 17.8 Å². The van der Waals surface area contributed by atoms with Crippen LogP contribution < -0.4 is 16.0 Å².